The van der Waals surface area contributed by atoms with E-state index in [0.717, 1.165) is 12.0 Å². The molecule has 2 aromatic rings. The molecule has 20 heavy (non-hydrogen) atoms. The number of nitrogens with zero attached hydrogens (tertiary/aromatic N) is 4. The van der Waals surface area contributed by atoms with Gasteiger partial charge >= 0.3 is 5.97 Å². The Kier molecular flexibility index (Phi) is 5.06. The third kappa shape index (κ3) is 3.77. The molecule has 0 radical (unpaired) electrons. The van der Waals surface area contributed by atoms with Gasteiger partial charge in [0.1, 0.15) is 0 Å². The number of benzene rings is 1. The van der Waals surface area contributed by atoms with Crippen molar-refractivity contribution in [3.8, 4) is 0 Å². The number of tetrazole rings is 1. The molecule has 0 aliphatic rings. The third-order valence-corrected chi connectivity index (χ3v) is 3.07. The minimum atomic E-state index is -0.357. The summed E-state index contributed by atoms with van der Waals surface area (Å²) < 4.78 is 6.80. The van der Waals surface area contributed by atoms with E-state index in [1.54, 1.807) is 16.8 Å². The van der Waals surface area contributed by atoms with Gasteiger partial charge in [0.2, 0.25) is 0 Å². The maximum absolute atomic E-state index is 11.8. The Morgan fingerprint density at radius 2 is 2.20 bits per heavy atom. The van der Waals surface area contributed by atoms with Crippen LogP contribution in [0.5, 0.6) is 0 Å². The van der Waals surface area contributed by atoms with Gasteiger partial charge in [0.05, 0.1) is 6.42 Å². The Morgan fingerprint density at radius 3 is 2.95 bits per heavy atom. The van der Waals surface area contributed by atoms with Crippen LogP contribution in [0.4, 0.5) is 0 Å². The fourth-order valence-corrected chi connectivity index (χ4v) is 1.91. The van der Waals surface area contributed by atoms with Crippen molar-refractivity contribution in [2.75, 3.05) is 0 Å². The molecule has 0 bridgehead atoms. The zero-order valence-corrected chi connectivity index (χ0v) is 11.9. The summed E-state index contributed by atoms with van der Waals surface area (Å²) in [4.78, 5) is 11.8. The highest BCUT2D eigenvalue weighted by molar-refractivity contribution is 6.31. The van der Waals surface area contributed by atoms with Crippen molar-refractivity contribution in [3.63, 3.8) is 0 Å². The topological polar surface area (TPSA) is 69.9 Å². The van der Waals surface area contributed by atoms with Crippen LogP contribution in [0.25, 0.3) is 0 Å². The second-order valence-electron chi connectivity index (χ2n) is 4.25. The zero-order valence-electron chi connectivity index (χ0n) is 11.1. The molecular formula is C13H15ClN4O2. The van der Waals surface area contributed by atoms with Crippen LogP contribution in [0.15, 0.2) is 24.3 Å². The maximum atomic E-state index is 11.8. The molecule has 0 aliphatic heterocycles. The van der Waals surface area contributed by atoms with Crippen molar-refractivity contribution in [1.82, 2.24) is 20.2 Å². The van der Waals surface area contributed by atoms with Gasteiger partial charge in [-0.2, -0.15) is 0 Å². The van der Waals surface area contributed by atoms with Gasteiger partial charge in [-0.3, -0.25) is 4.79 Å². The minimum Gasteiger partial charge on any atom is -0.457 e. The Hall–Kier alpha value is -1.95. The van der Waals surface area contributed by atoms with Gasteiger partial charge in [-0.1, -0.05) is 36.7 Å². The molecule has 0 aliphatic carbocycles. The summed E-state index contributed by atoms with van der Waals surface area (Å²) in [6, 6.07) is 7.18. The number of carbonyl (C=O) groups is 1. The van der Waals surface area contributed by atoms with Gasteiger partial charge in [0, 0.05) is 11.6 Å². The van der Waals surface area contributed by atoms with E-state index in [9.17, 15) is 4.79 Å². The average molecular weight is 295 g/mol. The Labute approximate surface area is 121 Å². The fourth-order valence-electron chi connectivity index (χ4n) is 1.71. The number of rotatable bonds is 6. The highest BCUT2D eigenvalue weighted by Gasteiger charge is 2.11. The monoisotopic (exact) mass is 294 g/mol. The van der Waals surface area contributed by atoms with E-state index in [2.05, 4.69) is 15.5 Å². The first kappa shape index (κ1) is 14.5. The summed E-state index contributed by atoms with van der Waals surface area (Å²) >= 11 is 5.99. The van der Waals surface area contributed by atoms with Gasteiger partial charge in [-0.05, 0) is 28.5 Å². The SMILES string of the molecule is CCCn1nnnc1COC(=O)Cc1ccccc1Cl. The van der Waals surface area contributed by atoms with Gasteiger partial charge in [-0.25, -0.2) is 4.68 Å². The second kappa shape index (κ2) is 7.00. The van der Waals surface area contributed by atoms with E-state index >= 15 is 0 Å². The largest absolute Gasteiger partial charge is 0.457 e. The highest BCUT2D eigenvalue weighted by atomic mass is 35.5. The smallest absolute Gasteiger partial charge is 0.310 e. The fraction of sp³-hybridized carbons (Fsp3) is 0.385. The molecule has 0 saturated heterocycles. The van der Waals surface area contributed by atoms with E-state index in [0.29, 0.717) is 17.4 Å². The van der Waals surface area contributed by atoms with Crippen molar-refractivity contribution >= 4 is 17.6 Å². The number of aryl methyl sites for hydroxylation is 1. The second-order valence-corrected chi connectivity index (χ2v) is 4.65. The molecule has 7 heteroatoms. The standard InChI is InChI=1S/C13H15ClN4O2/c1-2-7-18-12(15-16-17-18)9-20-13(19)8-10-5-3-4-6-11(10)14/h3-6H,2,7-9H2,1H3. The lowest BCUT2D eigenvalue weighted by Crippen LogP contribution is -2.12. The lowest BCUT2D eigenvalue weighted by atomic mass is 10.1. The molecule has 1 heterocycles. The first-order valence-electron chi connectivity index (χ1n) is 6.34. The molecule has 1 aromatic carbocycles. The molecule has 2 rings (SSSR count). The quantitative estimate of drug-likeness (QED) is 0.762. The summed E-state index contributed by atoms with van der Waals surface area (Å²) in [7, 11) is 0. The summed E-state index contributed by atoms with van der Waals surface area (Å²) in [6.07, 6.45) is 1.04. The lowest BCUT2D eigenvalue weighted by molar-refractivity contribution is -0.144. The van der Waals surface area contributed by atoms with E-state index in [1.807, 2.05) is 19.1 Å². The van der Waals surface area contributed by atoms with Gasteiger partial charge in [0.25, 0.3) is 0 Å². The molecule has 0 amide bonds. The van der Waals surface area contributed by atoms with Crippen molar-refractivity contribution in [2.24, 2.45) is 0 Å². The number of carbonyl (C=O) groups excluding carboxylic acids is 1. The molecule has 0 spiro atoms. The molecule has 0 N–H and O–H groups in total. The number of esters is 1. The summed E-state index contributed by atoms with van der Waals surface area (Å²) in [5.74, 6) is 0.184. The lowest BCUT2D eigenvalue weighted by Gasteiger charge is -2.06. The van der Waals surface area contributed by atoms with E-state index < -0.39 is 0 Å². The van der Waals surface area contributed by atoms with Crippen LogP contribution in [-0.4, -0.2) is 26.2 Å². The van der Waals surface area contributed by atoms with E-state index in [4.69, 9.17) is 16.3 Å². The molecule has 0 saturated carbocycles. The van der Waals surface area contributed by atoms with Crippen LogP contribution in [-0.2, 0) is 29.1 Å². The summed E-state index contributed by atoms with van der Waals surface area (Å²) in [6.45, 7) is 2.79. The maximum Gasteiger partial charge on any atom is 0.310 e. The van der Waals surface area contributed by atoms with Crippen molar-refractivity contribution in [2.45, 2.75) is 32.9 Å². The Bertz CT molecular complexity index is 585. The first-order valence-corrected chi connectivity index (χ1v) is 6.72. The van der Waals surface area contributed by atoms with Crippen LogP contribution in [0.1, 0.15) is 24.7 Å². The van der Waals surface area contributed by atoms with E-state index in [-0.39, 0.29) is 19.0 Å². The molecule has 106 valence electrons. The van der Waals surface area contributed by atoms with Crippen molar-refractivity contribution < 1.29 is 9.53 Å². The van der Waals surface area contributed by atoms with Crippen molar-refractivity contribution in [1.29, 1.82) is 0 Å². The third-order valence-electron chi connectivity index (χ3n) is 2.70. The van der Waals surface area contributed by atoms with Crippen LogP contribution in [0, 0.1) is 0 Å². The normalized spacial score (nSPS) is 10.5. The summed E-state index contributed by atoms with van der Waals surface area (Å²) in [5, 5.41) is 11.8. The van der Waals surface area contributed by atoms with Crippen LogP contribution in [0.2, 0.25) is 5.02 Å². The first-order chi connectivity index (χ1) is 9.70. The molecular weight excluding hydrogens is 280 g/mol. The minimum absolute atomic E-state index is 0.0658. The van der Waals surface area contributed by atoms with Gasteiger partial charge in [0.15, 0.2) is 12.4 Å². The molecule has 0 fully saturated rings. The van der Waals surface area contributed by atoms with Gasteiger partial charge in [-0.15, -0.1) is 5.10 Å². The van der Waals surface area contributed by atoms with Crippen LogP contribution in [0.3, 0.4) is 0 Å². The Balaban J connectivity index is 1.89. The number of hydrogen-bond donors (Lipinski definition) is 0. The van der Waals surface area contributed by atoms with E-state index in [1.165, 1.54) is 0 Å². The number of hydrogen-bond acceptors (Lipinski definition) is 5. The highest BCUT2D eigenvalue weighted by Crippen LogP contribution is 2.15. The molecule has 1 aromatic heterocycles. The Morgan fingerprint density at radius 1 is 1.40 bits per heavy atom. The summed E-state index contributed by atoms with van der Waals surface area (Å²) in [5.41, 5.74) is 0.743. The predicted molar refractivity (Wildman–Crippen MR) is 73.1 cm³/mol. The van der Waals surface area contributed by atoms with Crippen LogP contribution < -0.4 is 0 Å². The number of ether oxygens (including phenoxy) is 1. The molecule has 6 nitrogen and oxygen atoms in total. The predicted octanol–water partition coefficient (Wildman–Crippen LogP) is 2.02. The zero-order chi connectivity index (χ0) is 14.4. The average Bonchev–Trinajstić information content (AvgIpc) is 2.87. The molecule has 0 atom stereocenters. The number of halogens is 1. The number of aromatic nitrogens is 4. The molecule has 0 unspecified atom stereocenters. The van der Waals surface area contributed by atoms with Crippen molar-refractivity contribution in [3.05, 3.63) is 40.7 Å². The van der Waals surface area contributed by atoms with Gasteiger partial charge < -0.3 is 4.74 Å². The van der Waals surface area contributed by atoms with Crippen LogP contribution >= 0.6 is 11.6 Å².